The van der Waals surface area contributed by atoms with Gasteiger partial charge in [-0.3, -0.25) is 0 Å². The first kappa shape index (κ1) is 15.6. The average molecular weight is 352 g/mol. The third-order valence-corrected chi connectivity index (χ3v) is 4.89. The first-order valence-electron chi connectivity index (χ1n) is 7.96. The van der Waals surface area contributed by atoms with Crippen LogP contribution in [0.15, 0.2) is 59.7 Å². The smallest absolute Gasteiger partial charge is 0.338 e. The molecule has 3 heterocycles. The fourth-order valence-electron chi connectivity index (χ4n) is 2.93. The lowest BCUT2D eigenvalue weighted by Crippen LogP contribution is -2.29. The molecule has 0 fully saturated rings. The third-order valence-electron chi connectivity index (χ3n) is 3.97. The first-order chi connectivity index (χ1) is 12.3. The SMILES string of the molecule is CCOC(=O)C1=C(c2ccccc2)Nc2ncnn2C1c1cccs1. The fraction of sp³-hybridized carbons (Fsp3) is 0.167. The molecule has 7 heteroatoms. The van der Waals surface area contributed by atoms with E-state index in [-0.39, 0.29) is 12.0 Å². The number of esters is 1. The molecule has 0 aliphatic carbocycles. The van der Waals surface area contributed by atoms with E-state index in [2.05, 4.69) is 15.4 Å². The zero-order valence-corrected chi connectivity index (χ0v) is 14.4. The second kappa shape index (κ2) is 6.52. The van der Waals surface area contributed by atoms with Gasteiger partial charge in [0.25, 0.3) is 0 Å². The van der Waals surface area contributed by atoms with Gasteiger partial charge in [-0.15, -0.1) is 11.3 Å². The largest absolute Gasteiger partial charge is 0.463 e. The molecule has 0 amide bonds. The number of benzene rings is 1. The molecule has 6 nitrogen and oxygen atoms in total. The van der Waals surface area contributed by atoms with Crippen molar-refractivity contribution in [2.45, 2.75) is 13.0 Å². The van der Waals surface area contributed by atoms with Crippen molar-refractivity contribution in [1.82, 2.24) is 14.8 Å². The van der Waals surface area contributed by atoms with Crippen LogP contribution in [0.5, 0.6) is 0 Å². The van der Waals surface area contributed by atoms with Crippen LogP contribution in [0.3, 0.4) is 0 Å². The minimum Gasteiger partial charge on any atom is -0.463 e. The Kier molecular flexibility index (Phi) is 4.07. The molecule has 1 aromatic carbocycles. The summed E-state index contributed by atoms with van der Waals surface area (Å²) in [6, 6.07) is 13.3. The number of rotatable bonds is 4. The minimum absolute atomic E-state index is 0.311. The normalized spacial score (nSPS) is 16.3. The van der Waals surface area contributed by atoms with Crippen molar-refractivity contribution < 1.29 is 9.53 Å². The number of hydrogen-bond donors (Lipinski definition) is 1. The van der Waals surface area contributed by atoms with Gasteiger partial charge in [0.2, 0.25) is 5.95 Å². The lowest BCUT2D eigenvalue weighted by molar-refractivity contribution is -0.138. The number of carbonyl (C=O) groups is 1. The number of nitrogens with zero attached hydrogens (tertiary/aromatic N) is 3. The average Bonchev–Trinajstić information content (AvgIpc) is 3.32. The number of aromatic nitrogens is 3. The number of anilines is 1. The van der Waals surface area contributed by atoms with E-state index in [1.165, 1.54) is 6.33 Å². The summed E-state index contributed by atoms with van der Waals surface area (Å²) >= 11 is 1.57. The van der Waals surface area contributed by atoms with E-state index in [1.54, 1.807) is 22.9 Å². The molecule has 1 N–H and O–H groups in total. The molecule has 0 saturated carbocycles. The van der Waals surface area contributed by atoms with Crippen LogP contribution in [0.4, 0.5) is 5.95 Å². The summed E-state index contributed by atoms with van der Waals surface area (Å²) in [4.78, 5) is 18.1. The summed E-state index contributed by atoms with van der Waals surface area (Å²) in [6.45, 7) is 2.11. The highest BCUT2D eigenvalue weighted by molar-refractivity contribution is 7.10. The van der Waals surface area contributed by atoms with Gasteiger partial charge >= 0.3 is 5.97 Å². The molecule has 0 spiro atoms. The van der Waals surface area contributed by atoms with Gasteiger partial charge in [-0.1, -0.05) is 36.4 Å². The van der Waals surface area contributed by atoms with Crippen LogP contribution < -0.4 is 5.32 Å². The fourth-order valence-corrected chi connectivity index (χ4v) is 3.75. The van der Waals surface area contributed by atoms with E-state index in [0.29, 0.717) is 23.8 Å². The molecule has 0 bridgehead atoms. The second-order valence-corrected chi connectivity index (χ2v) is 6.43. The number of fused-ring (bicyclic) bond motifs is 1. The van der Waals surface area contributed by atoms with Crippen LogP contribution in [-0.4, -0.2) is 27.3 Å². The van der Waals surface area contributed by atoms with Gasteiger partial charge in [0.15, 0.2) is 0 Å². The lowest BCUT2D eigenvalue weighted by Gasteiger charge is -2.28. The number of thiophene rings is 1. The molecule has 2 aromatic heterocycles. The molecule has 25 heavy (non-hydrogen) atoms. The molecule has 1 aliphatic rings. The molecule has 126 valence electrons. The maximum absolute atomic E-state index is 12.8. The van der Waals surface area contributed by atoms with Crippen molar-refractivity contribution >= 4 is 29.0 Å². The molecular weight excluding hydrogens is 336 g/mol. The van der Waals surface area contributed by atoms with Crippen molar-refractivity contribution in [3.8, 4) is 0 Å². The topological polar surface area (TPSA) is 69.0 Å². The molecule has 1 unspecified atom stereocenters. The Bertz CT molecular complexity index is 916. The summed E-state index contributed by atoms with van der Waals surface area (Å²) in [7, 11) is 0. The highest BCUT2D eigenvalue weighted by Gasteiger charge is 2.36. The van der Waals surface area contributed by atoms with Crippen molar-refractivity contribution in [1.29, 1.82) is 0 Å². The lowest BCUT2D eigenvalue weighted by atomic mass is 9.97. The van der Waals surface area contributed by atoms with Gasteiger partial charge in [-0.25, -0.2) is 9.48 Å². The Morgan fingerprint density at radius 1 is 1.28 bits per heavy atom. The van der Waals surface area contributed by atoms with Gasteiger partial charge in [-0.05, 0) is 23.9 Å². The minimum atomic E-state index is -0.368. The highest BCUT2D eigenvalue weighted by atomic mass is 32.1. The molecular formula is C18H16N4O2S. The van der Waals surface area contributed by atoms with E-state index in [9.17, 15) is 4.79 Å². The molecule has 0 radical (unpaired) electrons. The van der Waals surface area contributed by atoms with E-state index in [1.807, 2.05) is 47.8 Å². The van der Waals surface area contributed by atoms with Crippen LogP contribution in [0.1, 0.15) is 23.4 Å². The van der Waals surface area contributed by atoms with Crippen LogP contribution in [0, 0.1) is 0 Å². The molecule has 0 saturated heterocycles. The number of nitrogens with one attached hydrogen (secondary N) is 1. The third kappa shape index (κ3) is 2.72. The highest BCUT2D eigenvalue weighted by Crippen LogP contribution is 2.40. The predicted octanol–water partition coefficient (Wildman–Crippen LogP) is 3.33. The van der Waals surface area contributed by atoms with E-state index in [0.717, 1.165) is 10.4 Å². The van der Waals surface area contributed by atoms with Gasteiger partial charge in [-0.2, -0.15) is 10.1 Å². The maximum atomic E-state index is 12.8. The summed E-state index contributed by atoms with van der Waals surface area (Å²) in [5.74, 6) is 0.249. The van der Waals surface area contributed by atoms with E-state index < -0.39 is 0 Å². The summed E-state index contributed by atoms with van der Waals surface area (Å²) in [5.41, 5.74) is 2.15. The van der Waals surface area contributed by atoms with Gasteiger partial charge in [0, 0.05) is 4.88 Å². The van der Waals surface area contributed by atoms with E-state index in [4.69, 9.17) is 4.74 Å². The van der Waals surface area contributed by atoms with Crippen molar-refractivity contribution in [3.05, 3.63) is 70.2 Å². The van der Waals surface area contributed by atoms with Crippen LogP contribution >= 0.6 is 11.3 Å². The summed E-state index contributed by atoms with van der Waals surface area (Å²) in [5, 5.41) is 9.56. The monoisotopic (exact) mass is 352 g/mol. The maximum Gasteiger partial charge on any atom is 0.338 e. The Morgan fingerprint density at radius 3 is 2.84 bits per heavy atom. The molecule has 1 atom stereocenters. The molecule has 3 aromatic rings. The number of carbonyl (C=O) groups excluding carboxylic acids is 1. The first-order valence-corrected chi connectivity index (χ1v) is 8.84. The van der Waals surface area contributed by atoms with E-state index >= 15 is 0 Å². The zero-order chi connectivity index (χ0) is 17.2. The Balaban J connectivity index is 1.95. The predicted molar refractivity (Wildman–Crippen MR) is 96.1 cm³/mol. The standard InChI is InChI=1S/C18H16N4O2S/c1-2-24-17(23)14-15(12-7-4-3-5-8-12)21-18-19-11-20-22(18)16(14)13-9-6-10-25-13/h3-11,16H,2H2,1H3,(H,19,20,21). The quantitative estimate of drug-likeness (QED) is 0.730. The molecule has 1 aliphatic heterocycles. The Labute approximate surface area is 148 Å². The van der Waals surface area contributed by atoms with Crippen LogP contribution in [0.25, 0.3) is 5.70 Å². The van der Waals surface area contributed by atoms with Crippen molar-refractivity contribution in [3.63, 3.8) is 0 Å². The van der Waals surface area contributed by atoms with Gasteiger partial charge in [0.1, 0.15) is 12.4 Å². The molecule has 4 rings (SSSR count). The number of hydrogen-bond acceptors (Lipinski definition) is 6. The van der Waals surface area contributed by atoms with Crippen LogP contribution in [-0.2, 0) is 9.53 Å². The summed E-state index contributed by atoms with van der Waals surface area (Å²) in [6.07, 6.45) is 1.49. The van der Waals surface area contributed by atoms with Crippen molar-refractivity contribution in [2.75, 3.05) is 11.9 Å². The van der Waals surface area contributed by atoms with Crippen LogP contribution in [0.2, 0.25) is 0 Å². The Hall–Kier alpha value is -2.93. The summed E-state index contributed by atoms with van der Waals surface area (Å²) < 4.78 is 7.09. The zero-order valence-electron chi connectivity index (χ0n) is 13.5. The Morgan fingerprint density at radius 2 is 2.12 bits per heavy atom. The van der Waals surface area contributed by atoms with Gasteiger partial charge < -0.3 is 10.1 Å². The van der Waals surface area contributed by atoms with Gasteiger partial charge in [0.05, 0.1) is 17.9 Å². The van der Waals surface area contributed by atoms with Crippen molar-refractivity contribution in [2.24, 2.45) is 0 Å². The number of ether oxygens (including phenoxy) is 1. The second-order valence-electron chi connectivity index (χ2n) is 5.45.